The first kappa shape index (κ1) is 13.6. The molecule has 0 aliphatic carbocycles. The Hall–Kier alpha value is -0.840. The number of pyridine rings is 1. The van der Waals surface area contributed by atoms with Crippen LogP contribution in [-0.2, 0) is 6.54 Å². The van der Waals surface area contributed by atoms with E-state index in [9.17, 15) is 0 Å². The molecular weight excluding hydrogens is 308 g/mol. The van der Waals surface area contributed by atoms with Crippen molar-refractivity contribution in [3.8, 4) is 0 Å². The van der Waals surface area contributed by atoms with Crippen LogP contribution in [-0.4, -0.2) is 17.3 Å². The highest BCUT2D eigenvalue weighted by Gasteiger charge is 1.98. The standard InChI is InChI=1S/C14H15BrN2S/c15-13-6-1-2-7-14(13)18-10-9-16-11-12-5-3-4-8-17-12/h1-8,16H,9-11H2. The first-order valence-electron chi connectivity index (χ1n) is 5.84. The van der Waals surface area contributed by atoms with Gasteiger partial charge in [-0.15, -0.1) is 11.8 Å². The van der Waals surface area contributed by atoms with Crippen LogP contribution in [0.25, 0.3) is 0 Å². The molecule has 0 unspecified atom stereocenters. The summed E-state index contributed by atoms with van der Waals surface area (Å²) in [6, 6.07) is 14.3. The van der Waals surface area contributed by atoms with E-state index in [1.165, 1.54) is 9.37 Å². The molecule has 0 bridgehead atoms. The Bertz CT molecular complexity index is 476. The first-order valence-corrected chi connectivity index (χ1v) is 7.62. The molecule has 0 amide bonds. The Balaban J connectivity index is 1.66. The maximum absolute atomic E-state index is 4.27. The predicted molar refractivity (Wildman–Crippen MR) is 80.8 cm³/mol. The number of rotatable bonds is 6. The van der Waals surface area contributed by atoms with Gasteiger partial charge in [0, 0.05) is 34.4 Å². The molecular formula is C14H15BrN2S. The number of hydrogen-bond donors (Lipinski definition) is 1. The molecule has 1 N–H and O–H groups in total. The van der Waals surface area contributed by atoms with Crippen molar-refractivity contribution in [2.75, 3.05) is 12.3 Å². The predicted octanol–water partition coefficient (Wildman–Crippen LogP) is 3.73. The Morgan fingerprint density at radius 2 is 1.94 bits per heavy atom. The fourth-order valence-electron chi connectivity index (χ4n) is 1.51. The van der Waals surface area contributed by atoms with Crippen LogP contribution in [0.3, 0.4) is 0 Å². The van der Waals surface area contributed by atoms with Crippen LogP contribution in [0, 0.1) is 0 Å². The normalized spacial score (nSPS) is 10.5. The second-order valence-corrected chi connectivity index (χ2v) is 5.77. The molecule has 0 fully saturated rings. The smallest absolute Gasteiger partial charge is 0.0541 e. The van der Waals surface area contributed by atoms with E-state index in [0.717, 1.165) is 24.5 Å². The summed E-state index contributed by atoms with van der Waals surface area (Å²) in [5.74, 6) is 1.05. The van der Waals surface area contributed by atoms with Crippen molar-refractivity contribution in [2.24, 2.45) is 0 Å². The molecule has 2 aromatic rings. The van der Waals surface area contributed by atoms with Crippen molar-refractivity contribution in [1.82, 2.24) is 10.3 Å². The second kappa shape index (κ2) is 7.56. The summed E-state index contributed by atoms with van der Waals surface area (Å²) in [6.07, 6.45) is 1.83. The highest BCUT2D eigenvalue weighted by molar-refractivity contribution is 9.10. The van der Waals surface area contributed by atoms with Gasteiger partial charge < -0.3 is 5.32 Å². The van der Waals surface area contributed by atoms with Gasteiger partial charge in [0.25, 0.3) is 0 Å². The maximum atomic E-state index is 4.27. The SMILES string of the molecule is Brc1ccccc1SCCNCc1ccccn1. The molecule has 0 aliphatic rings. The lowest BCUT2D eigenvalue weighted by molar-refractivity contribution is 0.715. The van der Waals surface area contributed by atoms with Crippen molar-refractivity contribution >= 4 is 27.7 Å². The van der Waals surface area contributed by atoms with Gasteiger partial charge in [-0.05, 0) is 40.2 Å². The van der Waals surface area contributed by atoms with Gasteiger partial charge in [0.05, 0.1) is 5.69 Å². The number of benzene rings is 1. The summed E-state index contributed by atoms with van der Waals surface area (Å²) >= 11 is 5.40. The van der Waals surface area contributed by atoms with Gasteiger partial charge in [0.1, 0.15) is 0 Å². The van der Waals surface area contributed by atoms with Gasteiger partial charge in [-0.2, -0.15) is 0 Å². The number of halogens is 1. The minimum Gasteiger partial charge on any atom is -0.310 e. The molecule has 0 saturated carbocycles. The van der Waals surface area contributed by atoms with Crippen molar-refractivity contribution in [3.05, 3.63) is 58.8 Å². The van der Waals surface area contributed by atoms with E-state index >= 15 is 0 Å². The van der Waals surface area contributed by atoms with Crippen LogP contribution in [0.1, 0.15) is 5.69 Å². The van der Waals surface area contributed by atoms with Crippen molar-refractivity contribution in [1.29, 1.82) is 0 Å². The number of aromatic nitrogens is 1. The Morgan fingerprint density at radius 3 is 2.72 bits per heavy atom. The molecule has 4 heteroatoms. The van der Waals surface area contributed by atoms with Gasteiger partial charge in [0.2, 0.25) is 0 Å². The van der Waals surface area contributed by atoms with E-state index in [0.29, 0.717) is 0 Å². The number of hydrogen-bond acceptors (Lipinski definition) is 3. The molecule has 0 atom stereocenters. The monoisotopic (exact) mass is 322 g/mol. The molecule has 2 nitrogen and oxygen atoms in total. The summed E-state index contributed by atoms with van der Waals surface area (Å²) in [5.41, 5.74) is 1.09. The van der Waals surface area contributed by atoms with E-state index < -0.39 is 0 Å². The Kier molecular flexibility index (Phi) is 5.71. The van der Waals surface area contributed by atoms with Gasteiger partial charge >= 0.3 is 0 Å². The molecule has 0 aliphatic heterocycles. The average Bonchev–Trinajstić information content (AvgIpc) is 2.42. The first-order chi connectivity index (χ1) is 8.86. The molecule has 0 radical (unpaired) electrons. The van der Waals surface area contributed by atoms with Crippen LogP contribution in [0.15, 0.2) is 58.0 Å². The third-order valence-corrected chi connectivity index (χ3v) is 4.43. The third-order valence-electron chi connectivity index (χ3n) is 2.41. The number of nitrogens with one attached hydrogen (secondary N) is 1. The lowest BCUT2D eigenvalue weighted by atomic mass is 10.3. The van der Waals surface area contributed by atoms with Gasteiger partial charge in [-0.25, -0.2) is 0 Å². The summed E-state index contributed by atoms with van der Waals surface area (Å²) in [6.45, 7) is 1.81. The maximum Gasteiger partial charge on any atom is 0.0541 e. The minimum atomic E-state index is 0.831. The van der Waals surface area contributed by atoms with Crippen molar-refractivity contribution < 1.29 is 0 Å². The highest BCUT2D eigenvalue weighted by Crippen LogP contribution is 2.26. The molecule has 1 heterocycles. The molecule has 94 valence electrons. The largest absolute Gasteiger partial charge is 0.310 e. The van der Waals surface area contributed by atoms with Gasteiger partial charge in [-0.3, -0.25) is 4.98 Å². The Morgan fingerprint density at radius 1 is 1.11 bits per heavy atom. The van der Waals surface area contributed by atoms with Crippen molar-refractivity contribution in [3.63, 3.8) is 0 Å². The van der Waals surface area contributed by atoms with E-state index in [4.69, 9.17) is 0 Å². The molecule has 1 aromatic heterocycles. The summed E-state index contributed by atoms with van der Waals surface area (Å²) in [4.78, 5) is 5.56. The van der Waals surface area contributed by atoms with E-state index in [-0.39, 0.29) is 0 Å². The van der Waals surface area contributed by atoms with Crippen LogP contribution < -0.4 is 5.32 Å². The van der Waals surface area contributed by atoms with E-state index in [2.05, 4.69) is 44.4 Å². The average molecular weight is 323 g/mol. The number of nitrogens with zero attached hydrogens (tertiary/aromatic N) is 1. The van der Waals surface area contributed by atoms with Crippen molar-refractivity contribution in [2.45, 2.75) is 11.4 Å². The highest BCUT2D eigenvalue weighted by atomic mass is 79.9. The second-order valence-electron chi connectivity index (χ2n) is 3.78. The third kappa shape index (κ3) is 4.44. The van der Waals surface area contributed by atoms with E-state index in [1.54, 1.807) is 0 Å². The van der Waals surface area contributed by atoms with Crippen LogP contribution >= 0.6 is 27.7 Å². The topological polar surface area (TPSA) is 24.9 Å². The quantitative estimate of drug-likeness (QED) is 0.648. The van der Waals surface area contributed by atoms with Gasteiger partial charge in [0.15, 0.2) is 0 Å². The molecule has 0 saturated heterocycles. The summed E-state index contributed by atoms with van der Waals surface area (Å²) < 4.78 is 1.17. The fourth-order valence-corrected chi connectivity index (χ4v) is 2.99. The minimum absolute atomic E-state index is 0.831. The molecule has 2 rings (SSSR count). The zero-order valence-corrected chi connectivity index (χ0v) is 12.4. The molecule has 0 spiro atoms. The lowest BCUT2D eigenvalue weighted by Crippen LogP contribution is -2.17. The molecule has 18 heavy (non-hydrogen) atoms. The zero-order chi connectivity index (χ0) is 12.6. The summed E-state index contributed by atoms with van der Waals surface area (Å²) in [7, 11) is 0. The fraction of sp³-hybridized carbons (Fsp3) is 0.214. The molecule has 1 aromatic carbocycles. The Labute approximate surface area is 120 Å². The van der Waals surface area contributed by atoms with E-state index in [1.807, 2.05) is 42.2 Å². The lowest BCUT2D eigenvalue weighted by Gasteiger charge is -2.05. The van der Waals surface area contributed by atoms with Crippen LogP contribution in [0.5, 0.6) is 0 Å². The van der Waals surface area contributed by atoms with Crippen LogP contribution in [0.4, 0.5) is 0 Å². The summed E-state index contributed by atoms with van der Waals surface area (Å²) in [5, 5.41) is 3.39. The zero-order valence-electron chi connectivity index (χ0n) is 9.97. The van der Waals surface area contributed by atoms with Gasteiger partial charge in [-0.1, -0.05) is 18.2 Å². The van der Waals surface area contributed by atoms with Crippen LogP contribution in [0.2, 0.25) is 0 Å². The number of thioether (sulfide) groups is 1.